The number of hydrogen-bond donors (Lipinski definition) is 1. The van der Waals surface area contributed by atoms with Crippen LogP contribution in [-0.4, -0.2) is 21.8 Å². The van der Waals surface area contributed by atoms with Crippen molar-refractivity contribution in [3.63, 3.8) is 0 Å². The van der Waals surface area contributed by atoms with Gasteiger partial charge in [-0.15, -0.1) is 13.2 Å². The number of carbonyl (C=O) groups is 1. The average molecular weight is 377 g/mol. The Balaban J connectivity index is 1.75. The van der Waals surface area contributed by atoms with Gasteiger partial charge in [-0.3, -0.25) is 14.2 Å². The van der Waals surface area contributed by atoms with Crippen LogP contribution in [0.5, 0.6) is 5.75 Å². The quantitative estimate of drug-likeness (QED) is 0.758. The molecule has 0 aliphatic rings. The SMILES string of the molecule is Cc1nc2ccccc2c(=O)n1CC(=O)Nc1ccc(OC(F)(F)F)cc1. The molecule has 0 aliphatic heterocycles. The zero-order valence-corrected chi connectivity index (χ0v) is 14.1. The Morgan fingerprint density at radius 1 is 1.15 bits per heavy atom. The first kappa shape index (κ1) is 18.4. The number of rotatable bonds is 4. The van der Waals surface area contributed by atoms with Crippen LogP contribution in [0.1, 0.15) is 5.82 Å². The van der Waals surface area contributed by atoms with Gasteiger partial charge in [-0.05, 0) is 43.3 Å². The normalized spacial score (nSPS) is 11.4. The van der Waals surface area contributed by atoms with Gasteiger partial charge in [0.25, 0.3) is 5.56 Å². The summed E-state index contributed by atoms with van der Waals surface area (Å²) in [6.45, 7) is 1.34. The third kappa shape index (κ3) is 4.43. The highest BCUT2D eigenvalue weighted by molar-refractivity contribution is 5.90. The summed E-state index contributed by atoms with van der Waals surface area (Å²) in [5.74, 6) is -0.532. The van der Waals surface area contributed by atoms with E-state index in [2.05, 4.69) is 15.0 Å². The Morgan fingerprint density at radius 3 is 2.48 bits per heavy atom. The molecule has 1 N–H and O–H groups in total. The van der Waals surface area contributed by atoms with E-state index in [1.807, 2.05) is 0 Å². The van der Waals surface area contributed by atoms with E-state index in [0.717, 1.165) is 12.1 Å². The Bertz CT molecular complexity index is 1040. The van der Waals surface area contributed by atoms with Crippen LogP contribution in [-0.2, 0) is 11.3 Å². The minimum atomic E-state index is -4.79. The lowest BCUT2D eigenvalue weighted by Gasteiger charge is -2.12. The predicted octanol–water partition coefficient (Wildman–Crippen LogP) is 3.24. The molecule has 0 aliphatic carbocycles. The van der Waals surface area contributed by atoms with E-state index >= 15 is 0 Å². The first-order valence-corrected chi connectivity index (χ1v) is 7.85. The monoisotopic (exact) mass is 377 g/mol. The van der Waals surface area contributed by atoms with Crippen molar-refractivity contribution in [3.8, 4) is 5.75 Å². The molecule has 6 nitrogen and oxygen atoms in total. The fraction of sp³-hybridized carbons (Fsp3) is 0.167. The molecule has 0 saturated heterocycles. The minimum absolute atomic E-state index is 0.272. The van der Waals surface area contributed by atoms with Crippen molar-refractivity contribution >= 4 is 22.5 Å². The average Bonchev–Trinajstić information content (AvgIpc) is 2.59. The number of nitrogens with zero attached hydrogens (tertiary/aromatic N) is 2. The molecule has 27 heavy (non-hydrogen) atoms. The van der Waals surface area contributed by atoms with E-state index < -0.39 is 18.0 Å². The van der Waals surface area contributed by atoms with Crippen molar-refractivity contribution in [1.29, 1.82) is 0 Å². The topological polar surface area (TPSA) is 73.2 Å². The van der Waals surface area contributed by atoms with E-state index in [4.69, 9.17) is 0 Å². The van der Waals surface area contributed by atoms with E-state index in [1.165, 1.54) is 16.7 Å². The largest absolute Gasteiger partial charge is 0.573 e. The predicted molar refractivity (Wildman–Crippen MR) is 92.5 cm³/mol. The van der Waals surface area contributed by atoms with Gasteiger partial charge in [-0.1, -0.05) is 12.1 Å². The van der Waals surface area contributed by atoms with Crippen LogP contribution in [0.2, 0.25) is 0 Å². The summed E-state index contributed by atoms with van der Waals surface area (Å²) in [5, 5.41) is 2.91. The second-order valence-electron chi connectivity index (χ2n) is 5.69. The molecule has 0 unspecified atom stereocenters. The molecule has 0 spiro atoms. The van der Waals surface area contributed by atoms with Crippen LogP contribution in [0.4, 0.5) is 18.9 Å². The highest BCUT2D eigenvalue weighted by Gasteiger charge is 2.30. The van der Waals surface area contributed by atoms with Crippen molar-refractivity contribution < 1.29 is 22.7 Å². The van der Waals surface area contributed by atoms with Gasteiger partial charge < -0.3 is 10.1 Å². The van der Waals surface area contributed by atoms with Crippen LogP contribution >= 0.6 is 0 Å². The van der Waals surface area contributed by atoms with Crippen LogP contribution in [0, 0.1) is 6.92 Å². The number of benzene rings is 2. The summed E-state index contributed by atoms with van der Waals surface area (Å²) < 4.78 is 41.5. The highest BCUT2D eigenvalue weighted by Crippen LogP contribution is 2.23. The standard InChI is InChI=1S/C18H14F3N3O3/c1-11-22-15-5-3-2-4-14(15)17(26)24(11)10-16(25)23-12-6-8-13(9-7-12)27-18(19,20)21/h2-9H,10H2,1H3,(H,23,25). The molecule has 0 atom stereocenters. The molecule has 1 amide bonds. The molecule has 1 heterocycles. The summed E-state index contributed by atoms with van der Waals surface area (Å²) in [4.78, 5) is 29.1. The van der Waals surface area contributed by atoms with Crippen molar-refractivity contribution in [1.82, 2.24) is 9.55 Å². The summed E-state index contributed by atoms with van der Waals surface area (Å²) in [7, 11) is 0. The van der Waals surface area contributed by atoms with Gasteiger partial charge in [-0.2, -0.15) is 0 Å². The van der Waals surface area contributed by atoms with Gasteiger partial charge in [0.2, 0.25) is 5.91 Å². The van der Waals surface area contributed by atoms with Crippen molar-refractivity contribution in [3.05, 3.63) is 64.7 Å². The number of hydrogen-bond acceptors (Lipinski definition) is 4. The first-order valence-electron chi connectivity index (χ1n) is 7.85. The second-order valence-corrected chi connectivity index (χ2v) is 5.69. The van der Waals surface area contributed by atoms with E-state index in [-0.39, 0.29) is 17.8 Å². The van der Waals surface area contributed by atoms with Crippen molar-refractivity contribution in [2.75, 3.05) is 5.32 Å². The van der Waals surface area contributed by atoms with Gasteiger partial charge >= 0.3 is 6.36 Å². The van der Waals surface area contributed by atoms with Crippen LogP contribution in [0.3, 0.4) is 0 Å². The molecule has 0 bridgehead atoms. The molecule has 2 aromatic carbocycles. The van der Waals surface area contributed by atoms with E-state index in [0.29, 0.717) is 16.7 Å². The fourth-order valence-electron chi connectivity index (χ4n) is 2.55. The molecule has 0 fully saturated rings. The van der Waals surface area contributed by atoms with E-state index in [1.54, 1.807) is 31.2 Å². The maximum atomic E-state index is 12.5. The summed E-state index contributed by atoms with van der Waals surface area (Å²) in [6, 6.07) is 11.5. The van der Waals surface area contributed by atoms with Crippen LogP contribution < -0.4 is 15.6 Å². The maximum Gasteiger partial charge on any atom is 0.573 e. The van der Waals surface area contributed by atoms with Gasteiger partial charge in [-0.25, -0.2) is 4.98 Å². The Labute approximate surface area is 151 Å². The molecule has 140 valence electrons. The minimum Gasteiger partial charge on any atom is -0.406 e. The molecule has 0 saturated carbocycles. The zero-order valence-electron chi connectivity index (χ0n) is 14.1. The Kier molecular flexibility index (Phi) is 4.85. The third-order valence-electron chi connectivity index (χ3n) is 3.73. The summed E-state index contributed by atoms with van der Waals surface area (Å²) >= 11 is 0. The second kappa shape index (κ2) is 7.10. The molecular weight excluding hydrogens is 363 g/mol. The number of aromatic nitrogens is 2. The molecule has 3 aromatic rings. The van der Waals surface area contributed by atoms with Crippen molar-refractivity contribution in [2.24, 2.45) is 0 Å². The van der Waals surface area contributed by atoms with Gasteiger partial charge in [0.15, 0.2) is 0 Å². The van der Waals surface area contributed by atoms with Crippen molar-refractivity contribution in [2.45, 2.75) is 19.8 Å². The molecule has 0 radical (unpaired) electrons. The Morgan fingerprint density at radius 2 is 1.81 bits per heavy atom. The third-order valence-corrected chi connectivity index (χ3v) is 3.73. The number of anilines is 1. The van der Waals surface area contributed by atoms with Gasteiger partial charge in [0.05, 0.1) is 10.9 Å². The number of aryl methyl sites for hydroxylation is 1. The zero-order chi connectivity index (χ0) is 19.6. The number of halogens is 3. The number of nitrogens with one attached hydrogen (secondary N) is 1. The molecule has 3 rings (SSSR count). The van der Waals surface area contributed by atoms with Gasteiger partial charge in [0.1, 0.15) is 18.1 Å². The Hall–Kier alpha value is -3.36. The lowest BCUT2D eigenvalue weighted by atomic mass is 10.2. The number of ether oxygens (including phenoxy) is 1. The van der Waals surface area contributed by atoms with Gasteiger partial charge in [0, 0.05) is 5.69 Å². The van der Waals surface area contributed by atoms with Crippen LogP contribution in [0.25, 0.3) is 10.9 Å². The molecular formula is C18H14F3N3O3. The lowest BCUT2D eigenvalue weighted by molar-refractivity contribution is -0.274. The number of para-hydroxylation sites is 1. The first-order chi connectivity index (χ1) is 12.7. The highest BCUT2D eigenvalue weighted by atomic mass is 19.4. The number of carbonyl (C=O) groups excluding carboxylic acids is 1. The number of amides is 1. The molecule has 9 heteroatoms. The van der Waals surface area contributed by atoms with Crippen LogP contribution in [0.15, 0.2) is 53.3 Å². The molecule has 1 aromatic heterocycles. The summed E-state index contributed by atoms with van der Waals surface area (Å²) in [6.07, 6.45) is -4.79. The maximum absolute atomic E-state index is 12.5. The summed E-state index contributed by atoms with van der Waals surface area (Å²) in [5.41, 5.74) is 0.466. The number of fused-ring (bicyclic) bond motifs is 1. The lowest BCUT2D eigenvalue weighted by Crippen LogP contribution is -2.30. The number of alkyl halides is 3. The smallest absolute Gasteiger partial charge is 0.406 e. The fourth-order valence-corrected chi connectivity index (χ4v) is 2.55. The van der Waals surface area contributed by atoms with E-state index in [9.17, 15) is 22.8 Å².